The zero-order chi connectivity index (χ0) is 19.5. The van der Waals surface area contributed by atoms with Crippen LogP contribution in [0.25, 0.3) is 10.9 Å². The van der Waals surface area contributed by atoms with Crippen molar-refractivity contribution in [1.82, 2.24) is 4.98 Å². The summed E-state index contributed by atoms with van der Waals surface area (Å²) in [6.45, 7) is 4.31. The molecule has 2 N–H and O–H groups in total. The largest absolute Gasteiger partial charge is 0.418 e. The fourth-order valence-electron chi connectivity index (χ4n) is 2.64. The van der Waals surface area contributed by atoms with E-state index < -0.39 is 28.6 Å². The number of benzene rings is 1. The first kappa shape index (κ1) is 20.3. The molecule has 0 aliphatic heterocycles. The third-order valence-electron chi connectivity index (χ3n) is 3.72. The number of ketones is 1. The molecule has 0 bridgehead atoms. The number of carbonyl (C=O) groups is 1. The lowest BCUT2D eigenvalue weighted by atomic mass is 10.0. The molecule has 0 radical (unpaired) electrons. The third-order valence-corrected chi connectivity index (χ3v) is 3.94. The van der Waals surface area contributed by atoms with Gasteiger partial charge in [0.25, 0.3) is 5.56 Å². The number of halogens is 4. The van der Waals surface area contributed by atoms with Crippen molar-refractivity contribution < 1.29 is 22.7 Å². The van der Waals surface area contributed by atoms with Gasteiger partial charge in [0.1, 0.15) is 5.56 Å². The number of hydrogen-bond donors (Lipinski definition) is 2. The summed E-state index contributed by atoms with van der Waals surface area (Å²) in [4.78, 5) is 26.3. The van der Waals surface area contributed by atoms with Gasteiger partial charge in [-0.1, -0.05) is 11.6 Å². The molecule has 5 nitrogen and oxygen atoms in total. The van der Waals surface area contributed by atoms with Gasteiger partial charge in [-0.25, -0.2) is 0 Å². The summed E-state index contributed by atoms with van der Waals surface area (Å²) >= 11 is 5.85. The zero-order valence-electron chi connectivity index (χ0n) is 14.2. The van der Waals surface area contributed by atoms with Crippen LogP contribution in [-0.4, -0.2) is 30.5 Å². The minimum Gasteiger partial charge on any atom is -0.384 e. The lowest BCUT2D eigenvalue weighted by Crippen LogP contribution is -2.22. The van der Waals surface area contributed by atoms with E-state index in [0.717, 1.165) is 6.07 Å². The Morgan fingerprint density at radius 3 is 2.62 bits per heavy atom. The van der Waals surface area contributed by atoms with Crippen molar-refractivity contribution >= 4 is 34.0 Å². The molecule has 1 aromatic carbocycles. The number of nitrogens with one attached hydrogen (secondary N) is 2. The standard InChI is InChI=1S/C17H18ClF3N2O3/c1-3-26-6-4-5-22-15-11-7-10(18)8-12(17(19,20)21)14(11)23-16(25)13(15)9(2)24/h7-8H,3-6H2,1-2H3,(H2,22,23,25). The molecule has 0 amide bonds. The summed E-state index contributed by atoms with van der Waals surface area (Å²) < 4.78 is 45.2. The number of aromatic nitrogens is 1. The lowest BCUT2D eigenvalue weighted by molar-refractivity contribution is -0.136. The predicted octanol–water partition coefficient (Wildman–Crippen LogP) is 4.24. The van der Waals surface area contributed by atoms with E-state index in [2.05, 4.69) is 10.3 Å². The Balaban J connectivity index is 2.65. The Kier molecular flexibility index (Phi) is 6.30. The normalized spacial score (nSPS) is 11.8. The summed E-state index contributed by atoms with van der Waals surface area (Å²) in [6.07, 6.45) is -4.16. The number of Topliss-reactive ketones (excluding diaryl/α,β-unsaturated/α-hetero) is 1. The first-order chi connectivity index (χ1) is 12.2. The van der Waals surface area contributed by atoms with Crippen LogP contribution in [0.5, 0.6) is 0 Å². The molecule has 26 heavy (non-hydrogen) atoms. The van der Waals surface area contributed by atoms with Crippen LogP contribution in [0.1, 0.15) is 36.2 Å². The zero-order valence-corrected chi connectivity index (χ0v) is 15.0. The van der Waals surface area contributed by atoms with E-state index in [0.29, 0.717) is 26.2 Å². The summed E-state index contributed by atoms with van der Waals surface area (Å²) in [5.41, 5.74) is -2.55. The number of carbonyl (C=O) groups excluding carboxylic acids is 1. The highest BCUT2D eigenvalue weighted by Gasteiger charge is 2.34. The number of rotatable bonds is 7. The Morgan fingerprint density at radius 1 is 1.35 bits per heavy atom. The fourth-order valence-corrected chi connectivity index (χ4v) is 2.86. The van der Waals surface area contributed by atoms with Gasteiger partial charge in [0, 0.05) is 30.2 Å². The number of pyridine rings is 1. The summed E-state index contributed by atoms with van der Waals surface area (Å²) in [7, 11) is 0. The average Bonchev–Trinajstić information content (AvgIpc) is 2.53. The fraction of sp³-hybridized carbons (Fsp3) is 0.412. The maximum atomic E-state index is 13.3. The Hall–Kier alpha value is -2.06. The van der Waals surface area contributed by atoms with Crippen molar-refractivity contribution in [2.75, 3.05) is 25.1 Å². The van der Waals surface area contributed by atoms with Gasteiger partial charge in [-0.05, 0) is 32.4 Å². The van der Waals surface area contributed by atoms with Gasteiger partial charge in [-0.3, -0.25) is 9.59 Å². The molecule has 142 valence electrons. The van der Waals surface area contributed by atoms with Crippen molar-refractivity contribution in [3.8, 4) is 0 Å². The van der Waals surface area contributed by atoms with Crippen molar-refractivity contribution in [1.29, 1.82) is 0 Å². The number of ether oxygens (including phenoxy) is 1. The topological polar surface area (TPSA) is 71.2 Å². The highest BCUT2D eigenvalue weighted by Crippen LogP contribution is 2.38. The molecule has 0 fully saturated rings. The monoisotopic (exact) mass is 390 g/mol. The number of fused-ring (bicyclic) bond motifs is 1. The maximum Gasteiger partial charge on any atom is 0.418 e. The number of H-pyrrole nitrogens is 1. The van der Waals surface area contributed by atoms with E-state index in [1.807, 2.05) is 6.92 Å². The van der Waals surface area contributed by atoms with E-state index in [1.165, 1.54) is 13.0 Å². The molecular weight excluding hydrogens is 373 g/mol. The van der Waals surface area contributed by atoms with E-state index in [4.69, 9.17) is 16.3 Å². The van der Waals surface area contributed by atoms with Crippen molar-refractivity contribution in [3.63, 3.8) is 0 Å². The SMILES string of the molecule is CCOCCCNc1c(C(C)=O)c(=O)[nH]c2c(C(F)(F)F)cc(Cl)cc12. The smallest absolute Gasteiger partial charge is 0.384 e. The minimum atomic E-state index is -4.71. The summed E-state index contributed by atoms with van der Waals surface area (Å²) in [5, 5.41) is 2.78. The highest BCUT2D eigenvalue weighted by molar-refractivity contribution is 6.31. The van der Waals surface area contributed by atoms with Crippen LogP contribution in [0, 0.1) is 0 Å². The molecule has 0 spiro atoms. The lowest BCUT2D eigenvalue weighted by Gasteiger charge is -2.17. The average molecular weight is 391 g/mol. The molecule has 1 heterocycles. The van der Waals surface area contributed by atoms with Gasteiger partial charge in [-0.15, -0.1) is 0 Å². The van der Waals surface area contributed by atoms with Crippen LogP contribution in [0.4, 0.5) is 18.9 Å². The van der Waals surface area contributed by atoms with Gasteiger partial charge in [0.15, 0.2) is 5.78 Å². The van der Waals surface area contributed by atoms with Gasteiger partial charge < -0.3 is 15.0 Å². The molecule has 1 aromatic heterocycles. The predicted molar refractivity (Wildman–Crippen MR) is 94.2 cm³/mol. The van der Waals surface area contributed by atoms with Gasteiger partial charge in [0.05, 0.1) is 16.8 Å². The van der Waals surface area contributed by atoms with Crippen molar-refractivity contribution in [2.45, 2.75) is 26.4 Å². The van der Waals surface area contributed by atoms with Gasteiger partial charge in [-0.2, -0.15) is 13.2 Å². The molecule has 0 saturated heterocycles. The third kappa shape index (κ3) is 4.37. The van der Waals surface area contributed by atoms with E-state index >= 15 is 0 Å². The molecule has 2 aromatic rings. The van der Waals surface area contributed by atoms with E-state index in [1.54, 1.807) is 0 Å². The minimum absolute atomic E-state index is 0.0334. The second kappa shape index (κ2) is 8.09. The molecular formula is C17H18ClF3N2O3. The van der Waals surface area contributed by atoms with Gasteiger partial charge in [0.2, 0.25) is 0 Å². The van der Waals surface area contributed by atoms with Crippen LogP contribution < -0.4 is 10.9 Å². The molecule has 0 aliphatic rings. The van der Waals surface area contributed by atoms with Gasteiger partial charge >= 0.3 is 6.18 Å². The number of alkyl halides is 3. The molecule has 0 unspecified atom stereocenters. The number of aromatic amines is 1. The van der Waals surface area contributed by atoms with Crippen LogP contribution in [0.15, 0.2) is 16.9 Å². The number of hydrogen-bond acceptors (Lipinski definition) is 4. The Morgan fingerprint density at radius 2 is 2.04 bits per heavy atom. The summed E-state index contributed by atoms with van der Waals surface area (Å²) in [6, 6.07) is 2.03. The molecule has 0 atom stereocenters. The first-order valence-electron chi connectivity index (χ1n) is 7.96. The molecule has 0 aliphatic carbocycles. The molecule has 9 heteroatoms. The first-order valence-corrected chi connectivity index (χ1v) is 8.33. The highest BCUT2D eigenvalue weighted by atomic mass is 35.5. The van der Waals surface area contributed by atoms with E-state index in [-0.39, 0.29) is 21.7 Å². The second-order valence-electron chi connectivity index (χ2n) is 5.61. The maximum absolute atomic E-state index is 13.3. The van der Waals surface area contributed by atoms with Crippen molar-refractivity contribution in [3.05, 3.63) is 38.6 Å². The van der Waals surface area contributed by atoms with Crippen LogP contribution in [0.2, 0.25) is 5.02 Å². The Labute approximate surface area is 152 Å². The number of anilines is 1. The molecule has 2 rings (SSSR count). The second-order valence-corrected chi connectivity index (χ2v) is 6.05. The van der Waals surface area contributed by atoms with Crippen molar-refractivity contribution in [2.24, 2.45) is 0 Å². The molecule has 0 saturated carbocycles. The van der Waals surface area contributed by atoms with E-state index in [9.17, 15) is 22.8 Å². The van der Waals surface area contributed by atoms with Crippen LogP contribution >= 0.6 is 11.6 Å². The van der Waals surface area contributed by atoms with Crippen LogP contribution in [0.3, 0.4) is 0 Å². The quantitative estimate of drug-likeness (QED) is 0.548. The van der Waals surface area contributed by atoms with Crippen LogP contribution in [-0.2, 0) is 10.9 Å². The Bertz CT molecular complexity index is 878. The summed E-state index contributed by atoms with van der Waals surface area (Å²) in [5.74, 6) is -0.561.